The van der Waals surface area contributed by atoms with Crippen LogP contribution in [0.1, 0.15) is 29.0 Å². The van der Waals surface area contributed by atoms with E-state index in [1.807, 2.05) is 18.2 Å². The van der Waals surface area contributed by atoms with Crippen molar-refractivity contribution < 1.29 is 9.18 Å². The van der Waals surface area contributed by atoms with Crippen LogP contribution in [-0.4, -0.2) is 17.9 Å². The SMILES string of the molecule is CN(Cc1cccc(C#N)c1)C(=O)C1CC1c1cccc(F)c1. The minimum atomic E-state index is -0.262. The first-order valence-electron chi connectivity index (χ1n) is 7.58. The van der Waals surface area contributed by atoms with Crippen LogP contribution in [0.25, 0.3) is 0 Å². The third-order valence-electron chi connectivity index (χ3n) is 4.24. The Bertz CT molecular complexity index is 781. The zero-order chi connectivity index (χ0) is 16.4. The molecule has 2 aromatic carbocycles. The van der Waals surface area contributed by atoms with Gasteiger partial charge in [-0.25, -0.2) is 4.39 Å². The molecule has 3 rings (SSSR count). The summed E-state index contributed by atoms with van der Waals surface area (Å²) in [5.41, 5.74) is 2.42. The zero-order valence-corrected chi connectivity index (χ0v) is 12.9. The smallest absolute Gasteiger partial charge is 0.226 e. The van der Waals surface area contributed by atoms with Crippen LogP contribution in [0.5, 0.6) is 0 Å². The first-order valence-corrected chi connectivity index (χ1v) is 7.58. The fraction of sp³-hybridized carbons (Fsp3) is 0.263. The molecular formula is C19H17FN2O. The highest BCUT2D eigenvalue weighted by atomic mass is 19.1. The van der Waals surface area contributed by atoms with E-state index in [-0.39, 0.29) is 23.6 Å². The molecule has 0 radical (unpaired) electrons. The van der Waals surface area contributed by atoms with E-state index in [1.54, 1.807) is 30.1 Å². The van der Waals surface area contributed by atoms with E-state index in [0.29, 0.717) is 12.1 Å². The highest BCUT2D eigenvalue weighted by Crippen LogP contribution is 2.48. The summed E-state index contributed by atoms with van der Waals surface area (Å²) in [5, 5.41) is 8.93. The van der Waals surface area contributed by atoms with Crippen molar-refractivity contribution >= 4 is 5.91 Å². The molecule has 0 saturated heterocycles. The lowest BCUT2D eigenvalue weighted by atomic mass is 10.1. The average Bonchev–Trinajstić information content (AvgIpc) is 3.35. The van der Waals surface area contributed by atoms with Gasteiger partial charge in [0.15, 0.2) is 0 Å². The molecule has 1 amide bonds. The van der Waals surface area contributed by atoms with Crippen molar-refractivity contribution in [1.29, 1.82) is 5.26 Å². The molecule has 0 N–H and O–H groups in total. The summed E-state index contributed by atoms with van der Waals surface area (Å²) < 4.78 is 13.3. The van der Waals surface area contributed by atoms with Gasteiger partial charge in [0.1, 0.15) is 5.82 Å². The van der Waals surface area contributed by atoms with Gasteiger partial charge in [-0.05, 0) is 47.7 Å². The standard InChI is InChI=1S/C19H17FN2O/c1-22(12-14-5-2-4-13(8-14)11-21)19(23)18-10-17(18)15-6-3-7-16(20)9-15/h2-9,17-18H,10,12H2,1H3. The van der Waals surface area contributed by atoms with Crippen LogP contribution in [0.15, 0.2) is 48.5 Å². The van der Waals surface area contributed by atoms with Crippen molar-refractivity contribution in [2.24, 2.45) is 5.92 Å². The molecule has 116 valence electrons. The Hall–Kier alpha value is -2.67. The van der Waals surface area contributed by atoms with Crippen molar-refractivity contribution in [3.05, 3.63) is 71.0 Å². The number of halogens is 1. The molecule has 1 aliphatic carbocycles. The molecule has 0 aromatic heterocycles. The van der Waals surface area contributed by atoms with Gasteiger partial charge in [0.2, 0.25) is 5.91 Å². The second-order valence-corrected chi connectivity index (χ2v) is 6.01. The van der Waals surface area contributed by atoms with E-state index in [2.05, 4.69) is 6.07 Å². The Morgan fingerprint density at radius 1 is 1.30 bits per heavy atom. The van der Waals surface area contributed by atoms with Gasteiger partial charge in [-0.2, -0.15) is 5.26 Å². The molecule has 4 heteroatoms. The molecule has 2 unspecified atom stereocenters. The van der Waals surface area contributed by atoms with E-state index in [9.17, 15) is 9.18 Å². The maximum Gasteiger partial charge on any atom is 0.226 e. The predicted molar refractivity (Wildman–Crippen MR) is 84.9 cm³/mol. The van der Waals surface area contributed by atoms with E-state index in [4.69, 9.17) is 5.26 Å². The number of rotatable bonds is 4. The average molecular weight is 308 g/mol. The number of nitriles is 1. The lowest BCUT2D eigenvalue weighted by Gasteiger charge is -2.17. The quantitative estimate of drug-likeness (QED) is 0.868. The van der Waals surface area contributed by atoms with Gasteiger partial charge < -0.3 is 4.90 Å². The lowest BCUT2D eigenvalue weighted by Crippen LogP contribution is -2.28. The Morgan fingerprint density at radius 3 is 2.83 bits per heavy atom. The summed E-state index contributed by atoms with van der Waals surface area (Å²) in [6.07, 6.45) is 0.769. The number of carbonyl (C=O) groups is 1. The monoisotopic (exact) mass is 308 g/mol. The van der Waals surface area contributed by atoms with E-state index < -0.39 is 0 Å². The summed E-state index contributed by atoms with van der Waals surface area (Å²) in [6, 6.07) is 15.8. The van der Waals surface area contributed by atoms with Crippen LogP contribution in [0.2, 0.25) is 0 Å². The van der Waals surface area contributed by atoms with Crippen molar-refractivity contribution in [3.8, 4) is 6.07 Å². The van der Waals surface area contributed by atoms with Gasteiger partial charge in [0, 0.05) is 19.5 Å². The van der Waals surface area contributed by atoms with E-state index >= 15 is 0 Å². The fourth-order valence-corrected chi connectivity index (χ4v) is 2.95. The van der Waals surface area contributed by atoms with Crippen LogP contribution >= 0.6 is 0 Å². The summed E-state index contributed by atoms with van der Waals surface area (Å²) in [4.78, 5) is 14.2. The summed E-state index contributed by atoms with van der Waals surface area (Å²) in [7, 11) is 1.77. The number of hydrogen-bond acceptors (Lipinski definition) is 2. The molecule has 0 spiro atoms. The van der Waals surface area contributed by atoms with Crippen LogP contribution in [0.4, 0.5) is 4.39 Å². The van der Waals surface area contributed by atoms with Crippen LogP contribution in [0, 0.1) is 23.1 Å². The number of amides is 1. The summed E-state index contributed by atoms with van der Waals surface area (Å²) in [5.74, 6) is -0.143. The minimum absolute atomic E-state index is 0.0686. The molecule has 0 aliphatic heterocycles. The molecule has 1 saturated carbocycles. The summed E-state index contributed by atoms with van der Waals surface area (Å²) >= 11 is 0. The molecule has 0 heterocycles. The van der Waals surface area contributed by atoms with E-state index in [1.165, 1.54) is 12.1 Å². The summed E-state index contributed by atoms with van der Waals surface area (Å²) in [6.45, 7) is 0.473. The molecule has 0 bridgehead atoms. The second kappa shape index (κ2) is 6.21. The Kier molecular flexibility index (Phi) is 4.12. The Morgan fingerprint density at radius 2 is 2.09 bits per heavy atom. The van der Waals surface area contributed by atoms with Crippen molar-refractivity contribution in [1.82, 2.24) is 4.90 Å². The van der Waals surface area contributed by atoms with Crippen molar-refractivity contribution in [2.75, 3.05) is 7.05 Å². The number of nitrogens with zero attached hydrogens (tertiary/aromatic N) is 2. The zero-order valence-electron chi connectivity index (χ0n) is 12.9. The van der Waals surface area contributed by atoms with Gasteiger partial charge in [-0.1, -0.05) is 24.3 Å². The predicted octanol–water partition coefficient (Wildman–Crippen LogP) is 3.46. The minimum Gasteiger partial charge on any atom is -0.341 e. The highest BCUT2D eigenvalue weighted by molar-refractivity contribution is 5.82. The third kappa shape index (κ3) is 3.40. The van der Waals surface area contributed by atoms with Crippen LogP contribution in [-0.2, 0) is 11.3 Å². The molecule has 1 aliphatic rings. The largest absolute Gasteiger partial charge is 0.341 e. The van der Waals surface area contributed by atoms with Gasteiger partial charge >= 0.3 is 0 Å². The first kappa shape index (κ1) is 15.2. The normalized spacial score (nSPS) is 19.0. The third-order valence-corrected chi connectivity index (χ3v) is 4.24. The maximum atomic E-state index is 13.3. The van der Waals surface area contributed by atoms with Crippen LogP contribution in [0.3, 0.4) is 0 Å². The van der Waals surface area contributed by atoms with Crippen LogP contribution < -0.4 is 0 Å². The van der Waals surface area contributed by atoms with Crippen molar-refractivity contribution in [3.63, 3.8) is 0 Å². The van der Waals surface area contributed by atoms with Gasteiger partial charge in [0.05, 0.1) is 11.6 Å². The van der Waals surface area contributed by atoms with Gasteiger partial charge in [-0.15, -0.1) is 0 Å². The van der Waals surface area contributed by atoms with Gasteiger partial charge in [0.25, 0.3) is 0 Å². The highest BCUT2D eigenvalue weighted by Gasteiger charge is 2.45. The molecule has 2 aromatic rings. The maximum absolute atomic E-state index is 13.3. The molecular weight excluding hydrogens is 291 g/mol. The number of benzene rings is 2. The topological polar surface area (TPSA) is 44.1 Å². The lowest BCUT2D eigenvalue weighted by molar-refractivity contribution is -0.131. The second-order valence-electron chi connectivity index (χ2n) is 6.01. The molecule has 2 atom stereocenters. The molecule has 23 heavy (non-hydrogen) atoms. The van der Waals surface area contributed by atoms with Gasteiger partial charge in [-0.3, -0.25) is 4.79 Å². The Labute approximate surface area is 135 Å². The van der Waals surface area contributed by atoms with E-state index in [0.717, 1.165) is 17.5 Å². The first-order chi connectivity index (χ1) is 11.1. The molecule has 3 nitrogen and oxygen atoms in total. The Balaban J connectivity index is 1.64. The molecule has 1 fully saturated rings. The number of carbonyl (C=O) groups excluding carboxylic acids is 1. The number of hydrogen-bond donors (Lipinski definition) is 0. The van der Waals surface area contributed by atoms with Crippen molar-refractivity contribution in [2.45, 2.75) is 18.9 Å². The fourth-order valence-electron chi connectivity index (χ4n) is 2.95.